The van der Waals surface area contributed by atoms with Crippen LogP contribution in [0.4, 0.5) is 14.6 Å². The minimum absolute atomic E-state index is 0.0995. The number of nitrogens with two attached hydrogens (primary N) is 1. The molecule has 0 radical (unpaired) electrons. The van der Waals surface area contributed by atoms with Crippen LogP contribution in [0.1, 0.15) is 0 Å². The van der Waals surface area contributed by atoms with E-state index in [9.17, 15) is 8.78 Å². The van der Waals surface area contributed by atoms with Crippen LogP contribution in [0.3, 0.4) is 0 Å². The van der Waals surface area contributed by atoms with Crippen LogP contribution in [0.15, 0.2) is 6.20 Å². The molecule has 8 heteroatoms. The summed E-state index contributed by atoms with van der Waals surface area (Å²) in [7, 11) is 0. The first-order valence-corrected chi connectivity index (χ1v) is 3.27. The van der Waals surface area contributed by atoms with Gasteiger partial charge in [0.25, 0.3) is 0 Å². The molecule has 0 aliphatic rings. The molecule has 0 fully saturated rings. The predicted molar refractivity (Wildman–Crippen MR) is 41.7 cm³/mol. The minimum Gasteiger partial charge on any atom is -0.376 e. The third kappa shape index (κ3) is 1.64. The molecule has 0 atom stereocenters. The summed E-state index contributed by atoms with van der Waals surface area (Å²) in [6.07, 6.45) is 1.17. The van der Waals surface area contributed by atoms with E-state index in [0.29, 0.717) is 4.90 Å². The molecular formula is C4H5F2N5S. The molecule has 1 heterocycles. The molecular weight excluding hydrogens is 188 g/mol. The summed E-state index contributed by atoms with van der Waals surface area (Å²) in [4.78, 5) is 0.388. The number of alkyl halides is 2. The number of H-pyrrole nitrogens is 1. The molecule has 0 unspecified atom stereocenters. The van der Waals surface area contributed by atoms with Crippen LogP contribution in [0.5, 0.6) is 0 Å². The van der Waals surface area contributed by atoms with E-state index >= 15 is 0 Å². The zero-order chi connectivity index (χ0) is 9.14. The van der Waals surface area contributed by atoms with Crippen molar-refractivity contribution in [3.05, 3.63) is 6.20 Å². The van der Waals surface area contributed by atoms with Crippen molar-refractivity contribution in [1.82, 2.24) is 15.4 Å². The number of nitrogens with one attached hydrogen (secondary N) is 1. The predicted octanol–water partition coefficient (Wildman–Crippen LogP) is 0.0773. The van der Waals surface area contributed by atoms with Crippen molar-refractivity contribution in [2.24, 2.45) is 5.73 Å². The first-order valence-electron chi connectivity index (χ1n) is 2.86. The first-order chi connectivity index (χ1) is 5.63. The van der Waals surface area contributed by atoms with Gasteiger partial charge in [-0.1, -0.05) is 5.21 Å². The van der Waals surface area contributed by atoms with Gasteiger partial charge in [0.1, 0.15) is 0 Å². The van der Waals surface area contributed by atoms with Gasteiger partial charge in [0, 0.05) is 0 Å². The normalized spacial score (nSPS) is 10.2. The lowest BCUT2D eigenvalue weighted by atomic mass is 10.6. The van der Waals surface area contributed by atoms with Crippen molar-refractivity contribution in [1.29, 1.82) is 0 Å². The Balaban J connectivity index is 2.88. The Morgan fingerprint density at radius 3 is 2.75 bits per heavy atom. The number of aromatic amines is 1. The highest BCUT2D eigenvalue weighted by Gasteiger charge is 2.21. The summed E-state index contributed by atoms with van der Waals surface area (Å²) in [5.41, 5.74) is 5.02. The Hall–Kier alpha value is -1.31. The third-order valence-corrected chi connectivity index (χ3v) is 1.28. The number of hydrogen-bond acceptors (Lipinski definition) is 3. The van der Waals surface area contributed by atoms with Gasteiger partial charge in [-0.25, -0.2) is 4.90 Å². The van der Waals surface area contributed by atoms with Crippen LogP contribution in [-0.4, -0.2) is 27.1 Å². The van der Waals surface area contributed by atoms with Gasteiger partial charge in [-0.3, -0.25) is 5.10 Å². The van der Waals surface area contributed by atoms with E-state index in [0.717, 1.165) is 0 Å². The summed E-state index contributed by atoms with van der Waals surface area (Å²) in [6, 6.07) is 0. The second kappa shape index (κ2) is 3.39. The Morgan fingerprint density at radius 2 is 2.42 bits per heavy atom. The van der Waals surface area contributed by atoms with E-state index in [1.165, 1.54) is 6.20 Å². The number of aromatic nitrogens is 3. The lowest BCUT2D eigenvalue weighted by Gasteiger charge is -2.17. The van der Waals surface area contributed by atoms with Gasteiger partial charge in [-0.2, -0.15) is 8.78 Å². The number of hydrogen-bond donors (Lipinski definition) is 2. The number of thiocarbonyl (C=S) groups is 1. The van der Waals surface area contributed by atoms with E-state index in [4.69, 9.17) is 5.73 Å². The number of anilines is 1. The van der Waals surface area contributed by atoms with Gasteiger partial charge >= 0.3 is 6.55 Å². The molecule has 1 rings (SSSR count). The summed E-state index contributed by atoms with van der Waals surface area (Å²) in [6.45, 7) is -2.81. The molecule has 0 spiro atoms. The van der Waals surface area contributed by atoms with Crippen molar-refractivity contribution in [2.75, 3.05) is 4.90 Å². The molecule has 0 aromatic carbocycles. The second-order valence-electron chi connectivity index (χ2n) is 1.82. The van der Waals surface area contributed by atoms with Crippen molar-refractivity contribution in [3.8, 4) is 0 Å². The van der Waals surface area contributed by atoms with Gasteiger partial charge in [-0.15, -0.1) is 5.10 Å². The molecule has 1 aromatic rings. The van der Waals surface area contributed by atoms with Crippen LogP contribution in [-0.2, 0) is 0 Å². The molecule has 5 nitrogen and oxygen atoms in total. The maximum absolute atomic E-state index is 12.2. The molecule has 0 saturated heterocycles. The summed E-state index contributed by atoms with van der Waals surface area (Å²) >= 11 is 4.38. The SMILES string of the molecule is NC(=S)N(c1c[nH]nn1)C(F)F. The highest BCUT2D eigenvalue weighted by molar-refractivity contribution is 7.80. The zero-order valence-electron chi connectivity index (χ0n) is 5.74. The highest BCUT2D eigenvalue weighted by atomic mass is 32.1. The summed E-state index contributed by atoms with van der Waals surface area (Å²) < 4.78 is 24.4. The summed E-state index contributed by atoms with van der Waals surface area (Å²) in [5, 5.41) is 8.40. The van der Waals surface area contributed by atoms with E-state index in [1.807, 2.05) is 0 Å². The lowest BCUT2D eigenvalue weighted by molar-refractivity contribution is 0.158. The number of rotatable bonds is 2. The average molecular weight is 193 g/mol. The first kappa shape index (κ1) is 8.78. The Kier molecular flexibility index (Phi) is 2.48. The van der Waals surface area contributed by atoms with Crippen LogP contribution in [0.2, 0.25) is 0 Å². The Bertz CT molecular complexity index is 260. The van der Waals surface area contributed by atoms with Gasteiger partial charge in [0.05, 0.1) is 6.20 Å². The average Bonchev–Trinajstić information content (AvgIpc) is 2.37. The lowest BCUT2D eigenvalue weighted by Crippen LogP contribution is -2.39. The second-order valence-corrected chi connectivity index (χ2v) is 2.24. The molecule has 1 aromatic heterocycles. The van der Waals surface area contributed by atoms with Crippen molar-refractivity contribution in [3.63, 3.8) is 0 Å². The molecule has 0 aliphatic carbocycles. The molecule has 0 bridgehead atoms. The van der Waals surface area contributed by atoms with Crippen molar-refractivity contribution in [2.45, 2.75) is 6.55 Å². The zero-order valence-corrected chi connectivity index (χ0v) is 6.55. The highest BCUT2D eigenvalue weighted by Crippen LogP contribution is 2.12. The van der Waals surface area contributed by atoms with Crippen LogP contribution >= 0.6 is 12.2 Å². The monoisotopic (exact) mass is 193 g/mol. The van der Waals surface area contributed by atoms with E-state index in [1.54, 1.807) is 0 Å². The quantitative estimate of drug-likeness (QED) is 0.514. The Labute approximate surface area is 71.5 Å². The van der Waals surface area contributed by atoms with Crippen molar-refractivity contribution >= 4 is 23.1 Å². The smallest absolute Gasteiger partial charge is 0.322 e. The topological polar surface area (TPSA) is 70.8 Å². The van der Waals surface area contributed by atoms with Crippen LogP contribution < -0.4 is 10.6 Å². The maximum atomic E-state index is 12.2. The van der Waals surface area contributed by atoms with Gasteiger partial charge in [0.15, 0.2) is 10.9 Å². The molecule has 0 aliphatic heterocycles. The molecule has 3 N–H and O–H groups in total. The molecule has 0 amide bonds. The largest absolute Gasteiger partial charge is 0.376 e. The molecule has 0 saturated carbocycles. The van der Waals surface area contributed by atoms with Crippen LogP contribution in [0, 0.1) is 0 Å². The van der Waals surface area contributed by atoms with Gasteiger partial charge < -0.3 is 5.73 Å². The maximum Gasteiger partial charge on any atom is 0.322 e. The fourth-order valence-electron chi connectivity index (χ4n) is 0.622. The van der Waals surface area contributed by atoms with E-state index in [-0.39, 0.29) is 5.82 Å². The minimum atomic E-state index is -2.81. The van der Waals surface area contributed by atoms with E-state index < -0.39 is 11.7 Å². The molecule has 12 heavy (non-hydrogen) atoms. The third-order valence-electron chi connectivity index (χ3n) is 1.08. The Morgan fingerprint density at radius 1 is 1.75 bits per heavy atom. The summed E-state index contributed by atoms with van der Waals surface area (Å²) in [5.74, 6) is -0.0995. The number of halogens is 2. The van der Waals surface area contributed by atoms with Crippen LogP contribution in [0.25, 0.3) is 0 Å². The van der Waals surface area contributed by atoms with Crippen molar-refractivity contribution < 1.29 is 8.78 Å². The number of nitrogens with zero attached hydrogens (tertiary/aromatic N) is 3. The van der Waals surface area contributed by atoms with Gasteiger partial charge in [-0.05, 0) is 12.2 Å². The molecule has 66 valence electrons. The fraction of sp³-hybridized carbons (Fsp3) is 0.250. The van der Waals surface area contributed by atoms with Gasteiger partial charge in [0.2, 0.25) is 0 Å². The fourth-order valence-corrected chi connectivity index (χ4v) is 0.796. The van der Waals surface area contributed by atoms with E-state index in [2.05, 4.69) is 27.6 Å². The standard InChI is InChI=1S/C4H5F2N5S/c5-3(6)11(4(7)12)2-1-8-10-9-2/h1,3H,(H2,7,12)(H,8,9,10).